The van der Waals surface area contributed by atoms with E-state index in [1.165, 1.54) is 0 Å². The largest absolute Gasteiger partial charge is 0.493 e. The van der Waals surface area contributed by atoms with Gasteiger partial charge in [-0.1, -0.05) is 18.2 Å². The number of amides is 1. The van der Waals surface area contributed by atoms with Crippen LogP contribution in [0.15, 0.2) is 36.4 Å². The second kappa shape index (κ2) is 9.21. The van der Waals surface area contributed by atoms with Crippen molar-refractivity contribution in [2.75, 3.05) is 42.0 Å². The Kier molecular flexibility index (Phi) is 6.49. The summed E-state index contributed by atoms with van der Waals surface area (Å²) in [5, 5.41) is 3.97. The number of rotatable bonds is 7. The summed E-state index contributed by atoms with van der Waals surface area (Å²) in [6.45, 7) is 2.47. The predicted molar refractivity (Wildman–Crippen MR) is 133 cm³/mol. The van der Waals surface area contributed by atoms with Crippen LogP contribution >= 0.6 is 12.2 Å². The first-order valence-corrected chi connectivity index (χ1v) is 11.5. The molecule has 0 aromatic heterocycles. The number of para-hydroxylation sites is 1. The quantitative estimate of drug-likeness (QED) is 0.601. The van der Waals surface area contributed by atoms with Gasteiger partial charge in [-0.25, -0.2) is 0 Å². The Labute approximate surface area is 205 Å². The van der Waals surface area contributed by atoms with Gasteiger partial charge in [0.15, 0.2) is 33.8 Å². The molecule has 1 saturated heterocycles. The van der Waals surface area contributed by atoms with Crippen LogP contribution in [0, 0.1) is 5.92 Å². The highest BCUT2D eigenvalue weighted by molar-refractivity contribution is 7.80. The van der Waals surface area contributed by atoms with Crippen LogP contribution in [0.2, 0.25) is 0 Å². The molecule has 2 bridgehead atoms. The second-order valence-corrected chi connectivity index (χ2v) is 9.15. The number of ether oxygens (including phenoxy) is 4. The zero-order chi connectivity index (χ0) is 24.6. The van der Waals surface area contributed by atoms with E-state index < -0.39 is 11.6 Å². The summed E-state index contributed by atoms with van der Waals surface area (Å²) < 4.78 is 23.0. The van der Waals surface area contributed by atoms with Crippen molar-refractivity contribution in [2.24, 2.45) is 5.92 Å². The summed E-state index contributed by atoms with van der Waals surface area (Å²) in [6, 6.07) is 11.2. The minimum absolute atomic E-state index is 0.0351. The van der Waals surface area contributed by atoms with Crippen LogP contribution in [-0.2, 0) is 11.2 Å². The average Bonchev–Trinajstić information content (AvgIpc) is 2.82. The Balaban J connectivity index is 1.72. The highest BCUT2D eigenvalue weighted by Crippen LogP contribution is 2.51. The summed E-state index contributed by atoms with van der Waals surface area (Å²) in [4.78, 5) is 17.0. The third-order valence-electron chi connectivity index (χ3n) is 6.62. The molecule has 0 spiro atoms. The minimum atomic E-state index is -1.01. The number of benzene rings is 2. The molecule has 1 amide bonds. The molecular formula is C25H31N3O5S. The standard InChI is InChI=1S/C25H31N3O5S/c1-25-20(23(29)27(2)3)21(16-8-7-9-18(31-5)22(16)33-25)26-24(34)28(25)13-12-15-10-11-17(30-4)19(14-15)32-6/h7-11,14,20-21H,12-13H2,1-6H3,(H,26,34)/t20-,21+,25+/m1/s1. The molecule has 1 fully saturated rings. The van der Waals surface area contributed by atoms with Gasteiger partial charge in [-0.3, -0.25) is 4.79 Å². The molecule has 2 aliphatic rings. The van der Waals surface area contributed by atoms with Crippen molar-refractivity contribution in [3.05, 3.63) is 47.5 Å². The third kappa shape index (κ3) is 3.87. The van der Waals surface area contributed by atoms with E-state index in [2.05, 4.69) is 5.32 Å². The predicted octanol–water partition coefficient (Wildman–Crippen LogP) is 3.00. The lowest BCUT2D eigenvalue weighted by atomic mass is 9.78. The van der Waals surface area contributed by atoms with Gasteiger partial charge in [-0.05, 0) is 49.3 Å². The topological polar surface area (TPSA) is 72.5 Å². The summed E-state index contributed by atoms with van der Waals surface area (Å²) >= 11 is 5.79. The van der Waals surface area contributed by atoms with Crippen molar-refractivity contribution in [1.29, 1.82) is 0 Å². The van der Waals surface area contributed by atoms with Gasteiger partial charge in [0.2, 0.25) is 5.91 Å². The number of carbonyl (C=O) groups excluding carboxylic acids is 1. The van der Waals surface area contributed by atoms with Gasteiger partial charge >= 0.3 is 0 Å². The van der Waals surface area contributed by atoms with Gasteiger partial charge in [0.1, 0.15) is 5.92 Å². The van der Waals surface area contributed by atoms with Crippen molar-refractivity contribution < 1.29 is 23.7 Å². The Hall–Kier alpha value is -3.20. The van der Waals surface area contributed by atoms with Crippen LogP contribution in [0.1, 0.15) is 24.1 Å². The summed E-state index contributed by atoms with van der Waals surface area (Å²) in [6.07, 6.45) is 0.660. The second-order valence-electron chi connectivity index (χ2n) is 8.76. The normalized spacial score (nSPS) is 22.8. The zero-order valence-corrected chi connectivity index (χ0v) is 21.2. The van der Waals surface area contributed by atoms with Crippen molar-refractivity contribution >= 4 is 23.2 Å². The number of nitrogens with zero attached hydrogens (tertiary/aromatic N) is 2. The lowest BCUT2D eigenvalue weighted by Crippen LogP contribution is -2.72. The highest BCUT2D eigenvalue weighted by atomic mass is 32.1. The summed E-state index contributed by atoms with van der Waals surface area (Å²) in [5.41, 5.74) is 0.904. The van der Waals surface area contributed by atoms with Crippen molar-refractivity contribution in [1.82, 2.24) is 15.1 Å². The maximum absolute atomic E-state index is 13.4. The molecule has 9 heteroatoms. The number of nitrogens with one attached hydrogen (secondary N) is 1. The molecule has 0 aliphatic carbocycles. The Morgan fingerprint density at radius 1 is 1.12 bits per heavy atom. The first-order chi connectivity index (χ1) is 16.2. The van der Waals surface area contributed by atoms with Crippen molar-refractivity contribution in [2.45, 2.75) is 25.1 Å². The molecular weight excluding hydrogens is 454 g/mol. The van der Waals surface area contributed by atoms with E-state index in [0.29, 0.717) is 41.1 Å². The highest BCUT2D eigenvalue weighted by Gasteiger charge is 2.59. The van der Waals surface area contributed by atoms with Crippen LogP contribution in [0.25, 0.3) is 0 Å². The van der Waals surface area contributed by atoms with Gasteiger partial charge in [-0.15, -0.1) is 0 Å². The molecule has 0 unspecified atom stereocenters. The first kappa shape index (κ1) is 23.9. The summed E-state index contributed by atoms with van der Waals surface area (Å²) in [7, 11) is 8.36. The fraction of sp³-hybridized carbons (Fsp3) is 0.440. The van der Waals surface area contributed by atoms with Crippen molar-refractivity contribution in [3.63, 3.8) is 0 Å². The van der Waals surface area contributed by atoms with E-state index in [9.17, 15) is 4.79 Å². The SMILES string of the molecule is COc1ccc(CCN2C(=S)N[C@H]3c4cccc(OC)c4O[C@@]2(C)[C@H]3C(=O)N(C)C)cc1OC. The van der Waals surface area contributed by atoms with E-state index in [-0.39, 0.29) is 11.9 Å². The maximum Gasteiger partial charge on any atom is 0.233 e. The van der Waals surface area contributed by atoms with E-state index >= 15 is 0 Å². The van der Waals surface area contributed by atoms with Gasteiger partial charge in [0.05, 0.1) is 27.4 Å². The van der Waals surface area contributed by atoms with Gasteiger partial charge < -0.3 is 34.1 Å². The number of hydrogen-bond acceptors (Lipinski definition) is 6. The number of thiocarbonyl (C=S) groups is 1. The molecule has 182 valence electrons. The van der Waals surface area contributed by atoms with E-state index in [4.69, 9.17) is 31.2 Å². The summed E-state index contributed by atoms with van der Waals surface area (Å²) in [5.74, 6) is 2.04. The lowest BCUT2D eigenvalue weighted by Gasteiger charge is -2.56. The monoisotopic (exact) mass is 485 g/mol. The Morgan fingerprint density at radius 3 is 2.47 bits per heavy atom. The Morgan fingerprint density at radius 2 is 1.82 bits per heavy atom. The van der Waals surface area contributed by atoms with Gasteiger partial charge in [0, 0.05) is 26.2 Å². The minimum Gasteiger partial charge on any atom is -0.493 e. The lowest BCUT2D eigenvalue weighted by molar-refractivity contribution is -0.161. The van der Waals surface area contributed by atoms with Gasteiger partial charge in [0.25, 0.3) is 0 Å². The smallest absolute Gasteiger partial charge is 0.233 e. The fourth-order valence-electron chi connectivity index (χ4n) is 4.85. The van der Waals surface area contributed by atoms with Gasteiger partial charge in [-0.2, -0.15) is 0 Å². The molecule has 0 radical (unpaired) electrons. The molecule has 2 aromatic carbocycles. The average molecular weight is 486 g/mol. The van der Waals surface area contributed by atoms with E-state index in [0.717, 1.165) is 11.1 Å². The maximum atomic E-state index is 13.4. The zero-order valence-electron chi connectivity index (χ0n) is 20.4. The number of methoxy groups -OCH3 is 3. The van der Waals surface area contributed by atoms with Crippen LogP contribution in [-0.4, -0.2) is 68.5 Å². The van der Waals surface area contributed by atoms with E-state index in [1.54, 1.807) is 40.3 Å². The molecule has 3 atom stereocenters. The van der Waals surface area contributed by atoms with Crippen LogP contribution in [0.4, 0.5) is 0 Å². The van der Waals surface area contributed by atoms with Crippen molar-refractivity contribution in [3.8, 4) is 23.0 Å². The fourth-order valence-corrected chi connectivity index (χ4v) is 5.25. The molecule has 34 heavy (non-hydrogen) atoms. The molecule has 4 rings (SSSR count). The molecule has 8 nitrogen and oxygen atoms in total. The Bertz CT molecular complexity index is 1110. The molecule has 2 heterocycles. The third-order valence-corrected chi connectivity index (χ3v) is 6.96. The first-order valence-electron chi connectivity index (χ1n) is 11.1. The van der Waals surface area contributed by atoms with Crippen LogP contribution < -0.4 is 24.3 Å². The number of carbonyl (C=O) groups is 1. The number of hydrogen-bond donors (Lipinski definition) is 1. The van der Waals surface area contributed by atoms with E-state index in [1.807, 2.05) is 48.2 Å². The molecule has 1 N–H and O–H groups in total. The molecule has 0 saturated carbocycles. The van der Waals surface area contributed by atoms with Crippen LogP contribution in [0.3, 0.4) is 0 Å². The molecule has 2 aromatic rings. The van der Waals surface area contributed by atoms with Crippen LogP contribution in [0.5, 0.6) is 23.0 Å². The molecule has 2 aliphatic heterocycles. The number of fused-ring (bicyclic) bond motifs is 4.